The molecule has 1 atom stereocenters. The smallest absolute Gasteiger partial charge is 0.331 e. The Balaban J connectivity index is 0.00000206. The fourth-order valence-electron chi connectivity index (χ4n) is 2.98. The van der Waals surface area contributed by atoms with Crippen molar-refractivity contribution in [2.45, 2.75) is 60.3 Å². The molecule has 0 bridgehead atoms. The highest BCUT2D eigenvalue weighted by molar-refractivity contribution is 5.87. The molecule has 1 rings (SSSR count). The Kier molecular flexibility index (Phi) is 12.5. The second-order valence-electron chi connectivity index (χ2n) is 8.96. The van der Waals surface area contributed by atoms with Gasteiger partial charge in [0, 0.05) is 30.5 Å². The van der Waals surface area contributed by atoms with E-state index in [-0.39, 0.29) is 41.8 Å². The van der Waals surface area contributed by atoms with Gasteiger partial charge in [-0.05, 0) is 24.8 Å². The van der Waals surface area contributed by atoms with Crippen molar-refractivity contribution in [2.75, 3.05) is 20.1 Å². The van der Waals surface area contributed by atoms with E-state index in [1.165, 1.54) is 17.9 Å². The van der Waals surface area contributed by atoms with Crippen LogP contribution >= 0.6 is 0 Å². The molecule has 0 saturated heterocycles. The molecular weight excluding hydrogens is 392 g/mol. The minimum atomic E-state index is -1.02. The molecule has 0 fully saturated rings. The van der Waals surface area contributed by atoms with E-state index in [4.69, 9.17) is 5.11 Å². The number of amides is 2. The molecule has 0 aromatic heterocycles. The third kappa shape index (κ3) is 10.3. The first-order chi connectivity index (χ1) is 14.3. The van der Waals surface area contributed by atoms with Gasteiger partial charge in [0.2, 0.25) is 11.8 Å². The molecule has 31 heavy (non-hydrogen) atoms. The second kappa shape index (κ2) is 13.6. The van der Waals surface area contributed by atoms with Gasteiger partial charge >= 0.3 is 5.97 Å². The van der Waals surface area contributed by atoms with Crippen molar-refractivity contribution in [3.8, 4) is 0 Å². The van der Waals surface area contributed by atoms with Crippen LogP contribution in [0, 0.1) is 11.8 Å². The van der Waals surface area contributed by atoms with Gasteiger partial charge in [0.25, 0.3) is 0 Å². The Morgan fingerprint density at radius 3 is 2.10 bits per heavy atom. The lowest BCUT2D eigenvalue weighted by molar-refractivity contribution is -0.133. The Morgan fingerprint density at radius 2 is 1.65 bits per heavy atom. The number of hydrogen-bond acceptors (Lipinski definition) is 3. The maximum absolute atomic E-state index is 12.7. The third-order valence-electron chi connectivity index (χ3n) is 4.96. The van der Waals surface area contributed by atoms with Gasteiger partial charge in [-0.2, -0.15) is 0 Å². The van der Waals surface area contributed by atoms with E-state index < -0.39 is 5.97 Å². The van der Waals surface area contributed by atoms with Gasteiger partial charge in [0.15, 0.2) is 0 Å². The van der Waals surface area contributed by atoms with Gasteiger partial charge in [-0.15, -0.1) is 0 Å². The van der Waals surface area contributed by atoms with E-state index in [0.717, 1.165) is 11.5 Å². The van der Waals surface area contributed by atoms with E-state index in [9.17, 15) is 14.4 Å². The van der Waals surface area contributed by atoms with Gasteiger partial charge in [0.1, 0.15) is 0 Å². The highest BCUT2D eigenvalue weighted by Gasteiger charge is 2.35. The molecule has 6 heteroatoms. The summed E-state index contributed by atoms with van der Waals surface area (Å²) in [6.45, 7) is 14.1. The number of likely N-dealkylation sites (N-methyl/N-ethyl adjacent to an activating group) is 1. The highest BCUT2D eigenvalue weighted by atomic mass is 16.4. The Hall–Kier alpha value is -2.63. The number of nitrogens with zero attached hydrogens (tertiary/aromatic N) is 1. The van der Waals surface area contributed by atoms with Crippen LogP contribution in [0.15, 0.2) is 42.0 Å². The predicted octanol–water partition coefficient (Wildman–Crippen LogP) is 4.26. The Morgan fingerprint density at radius 1 is 1.13 bits per heavy atom. The molecule has 0 spiro atoms. The average Bonchev–Trinajstić information content (AvgIpc) is 2.70. The van der Waals surface area contributed by atoms with E-state index in [1.54, 1.807) is 7.05 Å². The number of carboxylic acid groups (broad SMARTS) is 1. The van der Waals surface area contributed by atoms with Crippen LogP contribution in [-0.4, -0.2) is 47.9 Å². The number of aliphatic carboxylic acids is 1. The summed E-state index contributed by atoms with van der Waals surface area (Å²) in [5.74, 6) is -0.888. The maximum Gasteiger partial charge on any atom is 0.331 e. The van der Waals surface area contributed by atoms with E-state index in [2.05, 4.69) is 26.1 Å². The van der Waals surface area contributed by atoms with Crippen LogP contribution in [0.25, 0.3) is 0 Å². The maximum atomic E-state index is 12.7. The molecule has 1 aromatic carbocycles. The molecule has 2 amide bonds. The van der Waals surface area contributed by atoms with E-state index in [0.29, 0.717) is 6.42 Å². The molecule has 0 aliphatic carbocycles. The lowest BCUT2D eigenvalue weighted by atomic mass is 9.71. The van der Waals surface area contributed by atoms with Crippen molar-refractivity contribution in [2.24, 2.45) is 11.8 Å². The van der Waals surface area contributed by atoms with Crippen molar-refractivity contribution < 1.29 is 19.5 Å². The molecule has 0 radical (unpaired) electrons. The van der Waals surface area contributed by atoms with Gasteiger partial charge in [-0.3, -0.25) is 9.59 Å². The third-order valence-corrected chi connectivity index (χ3v) is 4.96. The SMILES string of the molecule is CC(C)C.CC[C@H](C(=O)NCC(=O)N(C)C/C=C(\C)C(=O)O)C(C)(C)c1ccccc1. The summed E-state index contributed by atoms with van der Waals surface area (Å²) in [6, 6.07) is 9.85. The van der Waals surface area contributed by atoms with Crippen molar-refractivity contribution in [3.63, 3.8) is 0 Å². The van der Waals surface area contributed by atoms with Gasteiger partial charge < -0.3 is 15.3 Å². The summed E-state index contributed by atoms with van der Waals surface area (Å²) in [5.41, 5.74) is 0.884. The summed E-state index contributed by atoms with van der Waals surface area (Å²) < 4.78 is 0. The molecule has 0 aliphatic heterocycles. The molecule has 0 heterocycles. The van der Waals surface area contributed by atoms with E-state index >= 15 is 0 Å². The van der Waals surface area contributed by atoms with Crippen LogP contribution in [0.5, 0.6) is 0 Å². The molecular formula is C25H40N2O4. The van der Waals surface area contributed by atoms with Crippen LogP contribution in [0.3, 0.4) is 0 Å². The van der Waals surface area contributed by atoms with E-state index in [1.807, 2.05) is 51.1 Å². The lowest BCUT2D eigenvalue weighted by Crippen LogP contribution is -2.45. The molecule has 0 aliphatic rings. The van der Waals surface area contributed by atoms with Crippen molar-refractivity contribution in [1.82, 2.24) is 10.2 Å². The number of rotatable bonds is 9. The lowest BCUT2D eigenvalue weighted by Gasteiger charge is -2.33. The fourth-order valence-corrected chi connectivity index (χ4v) is 2.98. The number of carboxylic acids is 1. The summed E-state index contributed by atoms with van der Waals surface area (Å²) in [7, 11) is 1.57. The first kappa shape index (κ1) is 28.4. The van der Waals surface area contributed by atoms with Crippen LogP contribution in [-0.2, 0) is 19.8 Å². The predicted molar refractivity (Wildman–Crippen MR) is 126 cm³/mol. The number of carbonyl (C=O) groups excluding carboxylic acids is 2. The fraction of sp³-hybridized carbons (Fsp3) is 0.560. The van der Waals surface area contributed by atoms with Crippen LogP contribution < -0.4 is 5.32 Å². The topological polar surface area (TPSA) is 86.7 Å². The first-order valence-corrected chi connectivity index (χ1v) is 10.8. The first-order valence-electron chi connectivity index (χ1n) is 10.8. The van der Waals surface area contributed by atoms with Crippen LogP contribution in [0.2, 0.25) is 0 Å². The highest BCUT2D eigenvalue weighted by Crippen LogP contribution is 2.33. The molecule has 2 N–H and O–H groups in total. The number of carbonyl (C=O) groups is 3. The second-order valence-corrected chi connectivity index (χ2v) is 8.96. The summed E-state index contributed by atoms with van der Waals surface area (Å²) >= 11 is 0. The Bertz CT molecular complexity index is 736. The minimum absolute atomic E-state index is 0.114. The largest absolute Gasteiger partial charge is 0.478 e. The molecule has 0 unspecified atom stereocenters. The quantitative estimate of drug-likeness (QED) is 0.571. The normalized spacial score (nSPS) is 12.5. The van der Waals surface area contributed by atoms with Crippen molar-refractivity contribution in [3.05, 3.63) is 47.5 Å². The summed E-state index contributed by atoms with van der Waals surface area (Å²) in [4.78, 5) is 37.1. The molecule has 0 saturated carbocycles. The van der Waals surface area contributed by atoms with Gasteiger partial charge in [-0.25, -0.2) is 4.79 Å². The molecule has 174 valence electrons. The standard InChI is InChI=1S/C21H30N2O4.C4H10/c1-6-17(21(3,4)16-10-8-7-9-11-16)19(25)22-14-18(24)23(5)13-12-15(2)20(26)27;1-4(2)3/h7-12,17H,6,13-14H2,1-5H3,(H,22,25)(H,26,27);4H,1-3H3/b15-12+;/t17-;/m1./s1. The summed E-state index contributed by atoms with van der Waals surface area (Å²) in [6.07, 6.45) is 2.12. The molecule has 6 nitrogen and oxygen atoms in total. The monoisotopic (exact) mass is 432 g/mol. The Labute approximate surface area is 187 Å². The zero-order chi connectivity index (χ0) is 24.2. The van der Waals surface area contributed by atoms with Crippen molar-refractivity contribution in [1.29, 1.82) is 0 Å². The zero-order valence-electron chi connectivity index (χ0n) is 20.4. The molecule has 1 aromatic rings. The summed E-state index contributed by atoms with van der Waals surface area (Å²) in [5, 5.41) is 11.6. The van der Waals surface area contributed by atoms with Gasteiger partial charge in [0.05, 0.1) is 6.54 Å². The van der Waals surface area contributed by atoms with Crippen molar-refractivity contribution >= 4 is 17.8 Å². The van der Waals surface area contributed by atoms with Crippen LogP contribution in [0.4, 0.5) is 0 Å². The number of hydrogen-bond donors (Lipinski definition) is 2. The number of benzene rings is 1. The van der Waals surface area contributed by atoms with Gasteiger partial charge in [-0.1, -0.05) is 78.0 Å². The number of nitrogens with one attached hydrogen (secondary N) is 1. The average molecular weight is 433 g/mol. The minimum Gasteiger partial charge on any atom is -0.478 e. The zero-order valence-corrected chi connectivity index (χ0v) is 20.4. The van der Waals surface area contributed by atoms with Crippen LogP contribution in [0.1, 0.15) is 60.5 Å².